The standard InChI is InChI=1S/C51H29N5/c1-2-16-30(17-3-1)46-38-25-10-13-27-40(38)52-51(54-46)56-42-29-15-12-26-39(42)45-47-49(55-41-28-14-11-21-34(41)33-20-6-9-24-37(33)50(55)53-47)44-36-23-8-5-19-32(36)31-18-4-7-22-35(31)43(44)48(45)56/h1-29H. The second-order valence-corrected chi connectivity index (χ2v) is 14.7. The Balaban J connectivity index is 1.37. The number of para-hydroxylation sites is 3. The van der Waals surface area contributed by atoms with Crippen molar-refractivity contribution in [3.8, 4) is 17.2 Å². The van der Waals surface area contributed by atoms with Crippen molar-refractivity contribution in [1.82, 2.24) is 23.9 Å². The van der Waals surface area contributed by atoms with Crippen LogP contribution < -0.4 is 0 Å². The Labute approximate surface area is 319 Å². The van der Waals surface area contributed by atoms with Crippen LogP contribution in [0.1, 0.15) is 0 Å². The second kappa shape index (κ2) is 11.0. The zero-order valence-electron chi connectivity index (χ0n) is 30.0. The molecule has 0 atom stereocenters. The van der Waals surface area contributed by atoms with Crippen molar-refractivity contribution in [2.75, 3.05) is 0 Å². The Morgan fingerprint density at radius 2 is 0.857 bits per heavy atom. The van der Waals surface area contributed by atoms with E-state index < -0.39 is 0 Å². The highest BCUT2D eigenvalue weighted by Gasteiger charge is 2.27. The maximum absolute atomic E-state index is 5.74. The zero-order chi connectivity index (χ0) is 36.5. The van der Waals surface area contributed by atoms with Crippen LogP contribution in [0.5, 0.6) is 0 Å². The molecule has 0 fully saturated rings. The first-order valence-corrected chi connectivity index (χ1v) is 19.1. The second-order valence-electron chi connectivity index (χ2n) is 14.7. The minimum atomic E-state index is 0.631. The minimum absolute atomic E-state index is 0.631. The minimum Gasteiger partial charge on any atom is -0.291 e. The van der Waals surface area contributed by atoms with Crippen molar-refractivity contribution in [2.45, 2.75) is 0 Å². The van der Waals surface area contributed by atoms with Crippen molar-refractivity contribution >= 4 is 103 Å². The Hall–Kier alpha value is -7.63. The molecule has 56 heavy (non-hydrogen) atoms. The largest absolute Gasteiger partial charge is 0.291 e. The average Bonchev–Trinajstić information content (AvgIpc) is 3.84. The quantitative estimate of drug-likeness (QED) is 0.168. The first-order chi connectivity index (χ1) is 27.8. The molecular formula is C51H29N5. The smallest absolute Gasteiger partial charge is 0.235 e. The molecule has 0 aliphatic rings. The summed E-state index contributed by atoms with van der Waals surface area (Å²) < 4.78 is 4.74. The first kappa shape index (κ1) is 29.8. The molecule has 0 saturated carbocycles. The third-order valence-corrected chi connectivity index (χ3v) is 11.8. The normalized spacial score (nSPS) is 12.3. The summed E-state index contributed by atoms with van der Waals surface area (Å²) in [5, 5.41) is 13.9. The number of fused-ring (bicyclic) bond motifs is 21. The summed E-state index contributed by atoms with van der Waals surface area (Å²) in [6.07, 6.45) is 0. The summed E-state index contributed by atoms with van der Waals surface area (Å²) >= 11 is 0. The van der Waals surface area contributed by atoms with Gasteiger partial charge in [-0.15, -0.1) is 0 Å². The van der Waals surface area contributed by atoms with Gasteiger partial charge in [0.1, 0.15) is 11.2 Å². The van der Waals surface area contributed by atoms with E-state index in [2.05, 4.69) is 185 Å². The number of hydrogen-bond donors (Lipinski definition) is 0. The van der Waals surface area contributed by atoms with Gasteiger partial charge in [-0.1, -0.05) is 158 Å². The molecule has 0 spiro atoms. The highest BCUT2D eigenvalue weighted by atomic mass is 15.2. The van der Waals surface area contributed by atoms with Crippen LogP contribution in [0.25, 0.3) is 121 Å². The van der Waals surface area contributed by atoms with Crippen LogP contribution in [0.2, 0.25) is 0 Å². The Bertz CT molecular complexity index is 3820. The van der Waals surface area contributed by atoms with E-state index in [4.69, 9.17) is 15.0 Å². The van der Waals surface area contributed by atoms with Gasteiger partial charge in [-0.25, -0.2) is 15.0 Å². The van der Waals surface area contributed by atoms with Crippen molar-refractivity contribution in [1.29, 1.82) is 0 Å². The van der Waals surface area contributed by atoms with Gasteiger partial charge >= 0.3 is 0 Å². The van der Waals surface area contributed by atoms with Gasteiger partial charge < -0.3 is 0 Å². The van der Waals surface area contributed by atoms with Gasteiger partial charge in [0.15, 0.2) is 0 Å². The fourth-order valence-corrected chi connectivity index (χ4v) is 9.59. The maximum Gasteiger partial charge on any atom is 0.235 e. The number of benzene rings is 9. The van der Waals surface area contributed by atoms with Gasteiger partial charge in [0.2, 0.25) is 5.95 Å². The molecule has 9 aromatic carbocycles. The summed E-state index contributed by atoms with van der Waals surface area (Å²) in [6, 6.07) is 62.7. The number of nitrogens with zero attached hydrogens (tertiary/aromatic N) is 5. The van der Waals surface area contributed by atoms with Gasteiger partial charge in [-0.3, -0.25) is 8.97 Å². The van der Waals surface area contributed by atoms with E-state index >= 15 is 0 Å². The van der Waals surface area contributed by atoms with Crippen LogP contribution in [-0.4, -0.2) is 23.9 Å². The summed E-state index contributed by atoms with van der Waals surface area (Å²) in [5.74, 6) is 0.631. The summed E-state index contributed by atoms with van der Waals surface area (Å²) in [4.78, 5) is 16.6. The highest BCUT2D eigenvalue weighted by molar-refractivity contribution is 6.42. The molecule has 0 N–H and O–H groups in total. The summed E-state index contributed by atoms with van der Waals surface area (Å²) in [6.45, 7) is 0. The molecule has 13 aromatic rings. The molecule has 0 amide bonds. The van der Waals surface area contributed by atoms with E-state index in [0.29, 0.717) is 5.95 Å². The van der Waals surface area contributed by atoms with Gasteiger partial charge in [0, 0.05) is 43.3 Å². The van der Waals surface area contributed by atoms with Crippen LogP contribution in [0.4, 0.5) is 0 Å². The van der Waals surface area contributed by atoms with Crippen LogP contribution in [0, 0.1) is 0 Å². The lowest BCUT2D eigenvalue weighted by Gasteiger charge is -2.16. The van der Waals surface area contributed by atoms with Crippen LogP contribution in [0.15, 0.2) is 176 Å². The lowest BCUT2D eigenvalue weighted by atomic mass is 9.91. The van der Waals surface area contributed by atoms with E-state index in [-0.39, 0.29) is 0 Å². The Morgan fingerprint density at radius 3 is 1.57 bits per heavy atom. The van der Waals surface area contributed by atoms with Crippen molar-refractivity contribution in [3.05, 3.63) is 176 Å². The van der Waals surface area contributed by atoms with Crippen LogP contribution in [-0.2, 0) is 0 Å². The monoisotopic (exact) mass is 711 g/mol. The van der Waals surface area contributed by atoms with E-state index in [9.17, 15) is 0 Å². The van der Waals surface area contributed by atoms with E-state index in [1.807, 2.05) is 0 Å². The van der Waals surface area contributed by atoms with Crippen molar-refractivity contribution in [3.63, 3.8) is 0 Å². The molecule has 0 saturated heterocycles. The zero-order valence-corrected chi connectivity index (χ0v) is 30.0. The van der Waals surface area contributed by atoms with Gasteiger partial charge in [-0.2, -0.15) is 0 Å². The third kappa shape index (κ3) is 3.81. The predicted octanol–water partition coefficient (Wildman–Crippen LogP) is 13.0. The van der Waals surface area contributed by atoms with Crippen LogP contribution >= 0.6 is 0 Å². The molecule has 5 heteroatoms. The van der Waals surface area contributed by atoms with Crippen molar-refractivity contribution < 1.29 is 0 Å². The van der Waals surface area contributed by atoms with E-state index in [1.54, 1.807) is 0 Å². The molecule has 5 nitrogen and oxygen atoms in total. The van der Waals surface area contributed by atoms with E-state index in [0.717, 1.165) is 76.9 Å². The Kier molecular flexibility index (Phi) is 5.83. The molecule has 13 rings (SSSR count). The molecule has 0 bridgehead atoms. The van der Waals surface area contributed by atoms with Gasteiger partial charge in [-0.05, 0) is 45.1 Å². The highest BCUT2D eigenvalue weighted by Crippen LogP contribution is 2.48. The van der Waals surface area contributed by atoms with E-state index in [1.165, 1.54) is 37.7 Å². The molecule has 4 heterocycles. The molecule has 258 valence electrons. The number of rotatable bonds is 2. The first-order valence-electron chi connectivity index (χ1n) is 19.1. The maximum atomic E-state index is 5.74. The molecule has 0 aliphatic carbocycles. The number of aromatic nitrogens is 5. The summed E-state index contributed by atoms with van der Waals surface area (Å²) in [5.41, 5.74) is 9.11. The Morgan fingerprint density at radius 1 is 0.339 bits per heavy atom. The van der Waals surface area contributed by atoms with Gasteiger partial charge in [0.25, 0.3) is 0 Å². The molecular weight excluding hydrogens is 683 g/mol. The fraction of sp³-hybridized carbons (Fsp3) is 0. The molecule has 0 unspecified atom stereocenters. The number of pyridine rings is 1. The predicted molar refractivity (Wildman–Crippen MR) is 233 cm³/mol. The third-order valence-electron chi connectivity index (χ3n) is 11.8. The number of hydrogen-bond acceptors (Lipinski definition) is 3. The molecule has 0 aliphatic heterocycles. The molecule has 4 aromatic heterocycles. The SMILES string of the molecule is c1ccc(-c2nc(-n3c4ccccc4c4c5nc6c7ccccc7c7ccccc7n6c5c5c6ccccc6c6ccccc6c5c43)nc3ccccc23)cc1. The van der Waals surface area contributed by atoms with Crippen molar-refractivity contribution in [2.24, 2.45) is 0 Å². The topological polar surface area (TPSA) is 48.0 Å². The summed E-state index contributed by atoms with van der Waals surface area (Å²) in [7, 11) is 0. The fourth-order valence-electron chi connectivity index (χ4n) is 9.59. The average molecular weight is 712 g/mol. The molecule has 0 radical (unpaired) electrons. The lowest BCUT2D eigenvalue weighted by Crippen LogP contribution is -2.04. The number of imidazole rings is 1. The van der Waals surface area contributed by atoms with Gasteiger partial charge in [0.05, 0.1) is 33.3 Å². The lowest BCUT2D eigenvalue weighted by molar-refractivity contribution is 1.02. The van der Waals surface area contributed by atoms with Crippen LogP contribution in [0.3, 0.4) is 0 Å².